The van der Waals surface area contributed by atoms with Crippen LogP contribution in [0.15, 0.2) is 82.3 Å². The lowest BCUT2D eigenvalue weighted by atomic mass is 9.98. The van der Waals surface area contributed by atoms with E-state index in [1.54, 1.807) is 65.8 Å². The van der Waals surface area contributed by atoms with Gasteiger partial charge in [-0.05, 0) is 47.5 Å². The Morgan fingerprint density at radius 1 is 1.00 bits per heavy atom. The van der Waals surface area contributed by atoms with E-state index in [2.05, 4.69) is 4.98 Å². The van der Waals surface area contributed by atoms with Gasteiger partial charge in [0.1, 0.15) is 11.3 Å². The molecule has 3 heterocycles. The van der Waals surface area contributed by atoms with Crippen LogP contribution < -0.4 is 5.43 Å². The molecule has 1 amide bonds. The number of aromatic nitrogens is 1. The molecule has 0 aliphatic carbocycles. The Kier molecular flexibility index (Phi) is 3.91. The second kappa shape index (κ2) is 6.60. The number of amides is 1. The molecule has 29 heavy (non-hydrogen) atoms. The third-order valence-electron chi connectivity index (χ3n) is 5.16. The van der Waals surface area contributed by atoms with E-state index in [1.165, 1.54) is 0 Å². The number of aromatic hydroxyl groups is 1. The average molecular weight is 384 g/mol. The molecule has 1 unspecified atom stereocenters. The number of hydrogen-bond acceptors (Lipinski definition) is 5. The first-order chi connectivity index (χ1) is 14.1. The van der Waals surface area contributed by atoms with Gasteiger partial charge in [-0.25, -0.2) is 0 Å². The van der Waals surface area contributed by atoms with Gasteiger partial charge < -0.3 is 14.4 Å². The Morgan fingerprint density at radius 3 is 2.59 bits per heavy atom. The van der Waals surface area contributed by atoms with Crippen LogP contribution in [-0.2, 0) is 6.54 Å². The minimum atomic E-state index is -0.654. The average Bonchev–Trinajstić information content (AvgIpc) is 3.01. The van der Waals surface area contributed by atoms with Gasteiger partial charge in [-0.1, -0.05) is 24.3 Å². The molecule has 1 atom stereocenters. The maximum atomic E-state index is 13.3. The molecule has 0 saturated heterocycles. The fraction of sp³-hybridized carbons (Fsp3) is 0.0870. The maximum Gasteiger partial charge on any atom is 0.291 e. The van der Waals surface area contributed by atoms with Crippen LogP contribution >= 0.6 is 0 Å². The van der Waals surface area contributed by atoms with Crippen molar-refractivity contribution in [1.29, 1.82) is 0 Å². The zero-order chi connectivity index (χ0) is 20.0. The number of pyridine rings is 1. The van der Waals surface area contributed by atoms with Crippen LogP contribution in [0.5, 0.6) is 5.75 Å². The van der Waals surface area contributed by atoms with Gasteiger partial charge in [0.15, 0.2) is 5.43 Å². The summed E-state index contributed by atoms with van der Waals surface area (Å²) >= 11 is 0. The molecule has 1 N–H and O–H groups in total. The second-order valence-electron chi connectivity index (χ2n) is 6.96. The first-order valence-electron chi connectivity index (χ1n) is 9.18. The normalized spacial score (nSPS) is 15.7. The first-order valence-corrected chi connectivity index (χ1v) is 9.18. The number of hydrogen-bond donors (Lipinski definition) is 1. The van der Waals surface area contributed by atoms with E-state index in [-0.39, 0.29) is 29.4 Å². The van der Waals surface area contributed by atoms with E-state index >= 15 is 0 Å². The Labute approximate surface area is 165 Å². The molecule has 142 valence electrons. The Bertz CT molecular complexity index is 1300. The van der Waals surface area contributed by atoms with Crippen molar-refractivity contribution in [3.63, 3.8) is 0 Å². The summed E-state index contributed by atoms with van der Waals surface area (Å²) in [5, 5.41) is 10.4. The summed E-state index contributed by atoms with van der Waals surface area (Å²) in [6.07, 6.45) is 3.31. The van der Waals surface area contributed by atoms with Crippen molar-refractivity contribution in [2.75, 3.05) is 0 Å². The molecule has 0 radical (unpaired) electrons. The number of rotatable bonds is 3. The smallest absolute Gasteiger partial charge is 0.291 e. The van der Waals surface area contributed by atoms with Crippen LogP contribution in [0.1, 0.15) is 33.3 Å². The van der Waals surface area contributed by atoms with E-state index in [0.29, 0.717) is 22.1 Å². The molecule has 2 aromatic carbocycles. The summed E-state index contributed by atoms with van der Waals surface area (Å²) in [7, 11) is 0. The SMILES string of the molecule is O=C1c2oc3ccccc3c(=O)c2C(c2cccc(O)c2)N1Cc1ccncc1. The van der Waals surface area contributed by atoms with Crippen molar-refractivity contribution in [2.45, 2.75) is 12.6 Å². The zero-order valence-corrected chi connectivity index (χ0v) is 15.3. The van der Waals surface area contributed by atoms with Gasteiger partial charge in [0.25, 0.3) is 5.91 Å². The molecule has 6 nitrogen and oxygen atoms in total. The minimum Gasteiger partial charge on any atom is -0.508 e. The predicted molar refractivity (Wildman–Crippen MR) is 107 cm³/mol. The molecule has 1 aliphatic heterocycles. The molecule has 0 bridgehead atoms. The third-order valence-corrected chi connectivity index (χ3v) is 5.16. The molecule has 4 aromatic rings. The number of carbonyl (C=O) groups excluding carboxylic acids is 1. The van der Waals surface area contributed by atoms with Crippen LogP contribution in [0.3, 0.4) is 0 Å². The Hall–Kier alpha value is -3.93. The zero-order valence-electron chi connectivity index (χ0n) is 15.3. The summed E-state index contributed by atoms with van der Waals surface area (Å²) in [6.45, 7) is 0.279. The number of phenolic OH excluding ortho intramolecular Hbond substituents is 1. The molecule has 0 fully saturated rings. The Morgan fingerprint density at radius 2 is 1.79 bits per heavy atom. The molecule has 5 rings (SSSR count). The fourth-order valence-electron chi connectivity index (χ4n) is 3.86. The molecular weight excluding hydrogens is 368 g/mol. The summed E-state index contributed by atoms with van der Waals surface area (Å²) < 4.78 is 5.88. The van der Waals surface area contributed by atoms with E-state index in [9.17, 15) is 14.7 Å². The standard InChI is InChI=1S/C23H16N2O4/c26-16-5-3-4-15(12-16)20-19-21(27)17-6-1-2-7-18(17)29-22(19)23(28)25(20)13-14-8-10-24-11-9-14/h1-12,20,26H,13H2. The van der Waals surface area contributed by atoms with Gasteiger partial charge in [-0.2, -0.15) is 0 Å². The largest absolute Gasteiger partial charge is 0.508 e. The molecule has 0 spiro atoms. The molecular formula is C23H16N2O4. The van der Waals surface area contributed by atoms with E-state index in [1.807, 2.05) is 12.1 Å². The van der Waals surface area contributed by atoms with Crippen molar-refractivity contribution >= 4 is 16.9 Å². The van der Waals surface area contributed by atoms with Gasteiger partial charge in [-0.3, -0.25) is 14.6 Å². The van der Waals surface area contributed by atoms with E-state index in [4.69, 9.17) is 4.42 Å². The number of nitrogens with zero attached hydrogens (tertiary/aromatic N) is 2. The monoisotopic (exact) mass is 384 g/mol. The van der Waals surface area contributed by atoms with Crippen LogP contribution in [0.4, 0.5) is 0 Å². The third kappa shape index (κ3) is 2.77. The molecule has 0 saturated carbocycles. The number of carbonyl (C=O) groups is 1. The highest BCUT2D eigenvalue weighted by molar-refractivity contribution is 5.99. The van der Waals surface area contributed by atoms with Crippen molar-refractivity contribution < 1.29 is 14.3 Å². The van der Waals surface area contributed by atoms with Gasteiger partial charge >= 0.3 is 0 Å². The number of benzene rings is 2. The van der Waals surface area contributed by atoms with Gasteiger partial charge in [0.2, 0.25) is 5.76 Å². The van der Waals surface area contributed by atoms with Gasteiger partial charge in [0.05, 0.1) is 17.0 Å². The van der Waals surface area contributed by atoms with Crippen LogP contribution in [0.25, 0.3) is 11.0 Å². The van der Waals surface area contributed by atoms with Crippen molar-refractivity contribution in [3.8, 4) is 5.75 Å². The maximum absolute atomic E-state index is 13.3. The number of para-hydroxylation sites is 1. The summed E-state index contributed by atoms with van der Waals surface area (Å²) in [5.74, 6) is -0.235. The minimum absolute atomic E-state index is 0.0519. The number of fused-ring (bicyclic) bond motifs is 2. The van der Waals surface area contributed by atoms with Crippen molar-refractivity contribution in [2.24, 2.45) is 0 Å². The molecule has 2 aromatic heterocycles. The van der Waals surface area contributed by atoms with Crippen LogP contribution in [0.2, 0.25) is 0 Å². The number of phenols is 1. The lowest BCUT2D eigenvalue weighted by Crippen LogP contribution is -2.29. The second-order valence-corrected chi connectivity index (χ2v) is 6.96. The van der Waals surface area contributed by atoms with E-state index in [0.717, 1.165) is 5.56 Å². The lowest BCUT2D eigenvalue weighted by molar-refractivity contribution is 0.0714. The summed E-state index contributed by atoms with van der Waals surface area (Å²) in [6, 6.07) is 16.5. The van der Waals surface area contributed by atoms with Crippen LogP contribution in [-0.4, -0.2) is 20.9 Å². The summed E-state index contributed by atoms with van der Waals surface area (Å²) in [4.78, 5) is 32.2. The van der Waals surface area contributed by atoms with Gasteiger partial charge in [-0.15, -0.1) is 0 Å². The Balaban J connectivity index is 1.74. The molecule has 6 heteroatoms. The van der Waals surface area contributed by atoms with Gasteiger partial charge in [0, 0.05) is 18.9 Å². The topological polar surface area (TPSA) is 83.6 Å². The van der Waals surface area contributed by atoms with Crippen molar-refractivity contribution in [1.82, 2.24) is 9.88 Å². The van der Waals surface area contributed by atoms with Crippen molar-refractivity contribution in [3.05, 3.63) is 106 Å². The van der Waals surface area contributed by atoms with E-state index < -0.39 is 6.04 Å². The quantitative estimate of drug-likeness (QED) is 0.583. The fourth-order valence-corrected chi connectivity index (χ4v) is 3.86. The first kappa shape index (κ1) is 17.2. The highest BCUT2D eigenvalue weighted by Gasteiger charge is 2.42. The van der Waals surface area contributed by atoms with Crippen LogP contribution in [0, 0.1) is 0 Å². The lowest BCUT2D eigenvalue weighted by Gasteiger charge is -2.25. The predicted octanol–water partition coefficient (Wildman–Crippen LogP) is 3.64. The highest BCUT2D eigenvalue weighted by Crippen LogP contribution is 2.39. The summed E-state index contributed by atoms with van der Waals surface area (Å²) in [5.41, 5.74) is 1.97. The highest BCUT2D eigenvalue weighted by atomic mass is 16.3. The molecule has 1 aliphatic rings.